The van der Waals surface area contributed by atoms with Gasteiger partial charge in [-0.2, -0.15) is 0 Å². The number of amides is 1. The lowest BCUT2D eigenvalue weighted by Crippen LogP contribution is -2.22. The second-order valence-corrected chi connectivity index (χ2v) is 6.67. The van der Waals surface area contributed by atoms with Crippen LogP contribution in [0.3, 0.4) is 0 Å². The number of nitrogens with one attached hydrogen (secondary N) is 1. The van der Waals surface area contributed by atoms with E-state index in [1.165, 1.54) is 23.3 Å². The molecule has 4 heteroatoms. The summed E-state index contributed by atoms with van der Waals surface area (Å²) in [6.07, 6.45) is 3.57. The summed E-state index contributed by atoms with van der Waals surface area (Å²) in [7, 11) is 3.56. The largest absolute Gasteiger partial charge is 0.378 e. The maximum absolute atomic E-state index is 12.0. The summed E-state index contributed by atoms with van der Waals surface area (Å²) in [5.41, 5.74) is 3.17. The zero-order valence-corrected chi connectivity index (χ0v) is 13.2. The number of fused-ring (bicyclic) bond motifs is 1. The molecule has 0 radical (unpaired) electrons. The molecule has 1 aromatic heterocycles. The quantitative estimate of drug-likeness (QED) is 0.931. The molecule has 110 valence electrons. The van der Waals surface area contributed by atoms with Gasteiger partial charge in [-0.25, -0.2) is 0 Å². The van der Waals surface area contributed by atoms with Crippen LogP contribution in [0.2, 0.25) is 0 Å². The number of rotatable bonds is 3. The molecular weight excluding hydrogens is 280 g/mol. The minimum absolute atomic E-state index is 0.0403. The van der Waals surface area contributed by atoms with Gasteiger partial charge in [0.1, 0.15) is 0 Å². The molecule has 2 aromatic rings. The first-order valence-electron chi connectivity index (χ1n) is 7.29. The van der Waals surface area contributed by atoms with Crippen molar-refractivity contribution < 1.29 is 4.79 Å². The zero-order chi connectivity index (χ0) is 14.8. The standard InChI is InChI=1S/C17H20N2OS/c1-19(2)17(20)12-5-3-6-13(11-12)18-15-7-4-8-16-14(15)9-10-21-16/h3,5-6,9-11,15,18H,4,7-8H2,1-2H3. The van der Waals surface area contributed by atoms with Gasteiger partial charge in [0.25, 0.3) is 5.91 Å². The van der Waals surface area contributed by atoms with Crippen molar-refractivity contribution in [3.63, 3.8) is 0 Å². The molecule has 0 bridgehead atoms. The smallest absolute Gasteiger partial charge is 0.253 e. The highest BCUT2D eigenvalue weighted by Gasteiger charge is 2.21. The fraction of sp³-hybridized carbons (Fsp3) is 0.353. The molecule has 1 aromatic carbocycles. The van der Waals surface area contributed by atoms with E-state index in [9.17, 15) is 4.79 Å². The highest BCUT2D eigenvalue weighted by molar-refractivity contribution is 7.10. The maximum atomic E-state index is 12.0. The van der Waals surface area contributed by atoms with E-state index >= 15 is 0 Å². The summed E-state index contributed by atoms with van der Waals surface area (Å²) < 4.78 is 0. The monoisotopic (exact) mass is 300 g/mol. The normalized spacial score (nSPS) is 17.1. The molecule has 1 unspecified atom stereocenters. The van der Waals surface area contributed by atoms with Crippen molar-refractivity contribution in [3.05, 3.63) is 51.7 Å². The first-order chi connectivity index (χ1) is 10.1. The van der Waals surface area contributed by atoms with E-state index in [4.69, 9.17) is 0 Å². The van der Waals surface area contributed by atoms with E-state index in [-0.39, 0.29) is 5.91 Å². The molecule has 21 heavy (non-hydrogen) atoms. The number of benzene rings is 1. The van der Waals surface area contributed by atoms with Gasteiger partial charge in [-0.3, -0.25) is 4.79 Å². The fourth-order valence-corrected chi connectivity index (χ4v) is 3.83. The summed E-state index contributed by atoms with van der Waals surface area (Å²) in [6, 6.07) is 10.4. The van der Waals surface area contributed by atoms with Gasteiger partial charge < -0.3 is 10.2 Å². The Balaban J connectivity index is 1.81. The molecule has 1 amide bonds. The Morgan fingerprint density at radius 1 is 1.33 bits per heavy atom. The Bertz CT molecular complexity index is 648. The van der Waals surface area contributed by atoms with Crippen molar-refractivity contribution in [2.45, 2.75) is 25.3 Å². The summed E-state index contributed by atoms with van der Waals surface area (Å²) in [5, 5.41) is 5.77. The molecule has 1 aliphatic rings. The molecule has 3 nitrogen and oxygen atoms in total. The highest BCUT2D eigenvalue weighted by Crippen LogP contribution is 2.35. The summed E-state index contributed by atoms with van der Waals surface area (Å²) >= 11 is 1.85. The van der Waals surface area contributed by atoms with E-state index in [1.54, 1.807) is 19.0 Å². The van der Waals surface area contributed by atoms with Gasteiger partial charge in [-0.1, -0.05) is 6.07 Å². The molecule has 0 saturated heterocycles. The number of thiophene rings is 1. The van der Waals surface area contributed by atoms with Crippen LogP contribution in [0.1, 0.15) is 39.7 Å². The van der Waals surface area contributed by atoms with Crippen LogP contribution in [0.4, 0.5) is 5.69 Å². The third-order valence-corrected chi connectivity index (χ3v) is 4.91. The third-order valence-electron chi connectivity index (χ3n) is 3.91. The Labute approximate surface area is 129 Å². The van der Waals surface area contributed by atoms with Crippen LogP contribution in [0.5, 0.6) is 0 Å². The SMILES string of the molecule is CN(C)C(=O)c1cccc(NC2CCCc3sccc32)c1. The fourth-order valence-electron chi connectivity index (χ4n) is 2.84. The van der Waals surface area contributed by atoms with Crippen molar-refractivity contribution in [3.8, 4) is 0 Å². The number of nitrogens with zero attached hydrogens (tertiary/aromatic N) is 1. The van der Waals surface area contributed by atoms with Crippen LogP contribution >= 0.6 is 11.3 Å². The van der Waals surface area contributed by atoms with E-state index in [1.807, 2.05) is 35.6 Å². The Kier molecular flexibility index (Phi) is 3.97. The minimum atomic E-state index is 0.0403. The average molecular weight is 300 g/mol. The lowest BCUT2D eigenvalue weighted by atomic mass is 9.94. The number of aryl methyl sites for hydroxylation is 1. The van der Waals surface area contributed by atoms with E-state index < -0.39 is 0 Å². The molecule has 1 aliphatic carbocycles. The van der Waals surface area contributed by atoms with Crippen molar-refractivity contribution in [2.75, 3.05) is 19.4 Å². The van der Waals surface area contributed by atoms with Crippen molar-refractivity contribution in [1.82, 2.24) is 4.90 Å². The van der Waals surface area contributed by atoms with E-state index in [0.717, 1.165) is 17.7 Å². The van der Waals surface area contributed by atoms with Crippen LogP contribution in [-0.2, 0) is 6.42 Å². The van der Waals surface area contributed by atoms with Crippen LogP contribution in [0, 0.1) is 0 Å². The van der Waals surface area contributed by atoms with Crippen molar-refractivity contribution in [1.29, 1.82) is 0 Å². The molecule has 0 spiro atoms. The number of carbonyl (C=O) groups is 1. The molecule has 0 saturated carbocycles. The number of hydrogen-bond acceptors (Lipinski definition) is 3. The lowest BCUT2D eigenvalue weighted by molar-refractivity contribution is 0.0827. The first-order valence-corrected chi connectivity index (χ1v) is 8.17. The minimum Gasteiger partial charge on any atom is -0.378 e. The van der Waals surface area contributed by atoms with E-state index in [2.05, 4.69) is 16.8 Å². The van der Waals surface area contributed by atoms with Gasteiger partial charge in [0.15, 0.2) is 0 Å². The summed E-state index contributed by atoms with van der Waals surface area (Å²) in [4.78, 5) is 15.2. The summed E-state index contributed by atoms with van der Waals surface area (Å²) in [6.45, 7) is 0. The lowest BCUT2D eigenvalue weighted by Gasteiger charge is -2.25. The van der Waals surface area contributed by atoms with Crippen molar-refractivity contribution in [2.24, 2.45) is 0 Å². The number of carbonyl (C=O) groups excluding carboxylic acids is 1. The van der Waals surface area contributed by atoms with Crippen LogP contribution < -0.4 is 5.32 Å². The average Bonchev–Trinajstić information content (AvgIpc) is 2.96. The first kappa shape index (κ1) is 14.1. The predicted octanol–water partition coefficient (Wildman–Crippen LogP) is 3.94. The van der Waals surface area contributed by atoms with Gasteiger partial charge in [0.05, 0.1) is 6.04 Å². The second-order valence-electron chi connectivity index (χ2n) is 5.67. The molecule has 0 aliphatic heterocycles. The Morgan fingerprint density at radius 3 is 3.00 bits per heavy atom. The van der Waals surface area contributed by atoms with Gasteiger partial charge in [0.2, 0.25) is 0 Å². The zero-order valence-electron chi connectivity index (χ0n) is 12.4. The number of hydrogen-bond donors (Lipinski definition) is 1. The molecule has 1 atom stereocenters. The highest BCUT2D eigenvalue weighted by atomic mass is 32.1. The van der Waals surface area contributed by atoms with Crippen LogP contribution in [0.15, 0.2) is 35.7 Å². The van der Waals surface area contributed by atoms with Crippen LogP contribution in [0.25, 0.3) is 0 Å². The van der Waals surface area contributed by atoms with Gasteiger partial charge in [-0.05, 0) is 54.5 Å². The van der Waals surface area contributed by atoms with Gasteiger partial charge >= 0.3 is 0 Å². The number of anilines is 1. The Hall–Kier alpha value is -1.81. The maximum Gasteiger partial charge on any atom is 0.253 e. The van der Waals surface area contributed by atoms with Crippen molar-refractivity contribution >= 4 is 22.9 Å². The molecule has 0 fully saturated rings. The van der Waals surface area contributed by atoms with E-state index in [0.29, 0.717) is 6.04 Å². The van der Waals surface area contributed by atoms with Gasteiger partial charge in [0, 0.05) is 30.2 Å². The topological polar surface area (TPSA) is 32.3 Å². The molecule has 1 N–H and O–H groups in total. The molecule has 1 heterocycles. The summed E-state index contributed by atoms with van der Waals surface area (Å²) in [5.74, 6) is 0.0403. The third kappa shape index (κ3) is 2.95. The second kappa shape index (κ2) is 5.90. The molecular formula is C17H20N2OS. The predicted molar refractivity (Wildman–Crippen MR) is 88.1 cm³/mol. The van der Waals surface area contributed by atoms with Crippen LogP contribution in [-0.4, -0.2) is 24.9 Å². The molecule has 3 rings (SSSR count). The Morgan fingerprint density at radius 2 is 2.19 bits per heavy atom. The van der Waals surface area contributed by atoms with Gasteiger partial charge in [-0.15, -0.1) is 11.3 Å².